The van der Waals surface area contributed by atoms with Crippen LogP contribution in [0.4, 0.5) is 0 Å². The molecule has 2 heterocycles. The van der Waals surface area contributed by atoms with Gasteiger partial charge in [-0.25, -0.2) is 0 Å². The summed E-state index contributed by atoms with van der Waals surface area (Å²) in [5.41, 5.74) is 5.16. The van der Waals surface area contributed by atoms with E-state index in [4.69, 9.17) is 9.47 Å². The van der Waals surface area contributed by atoms with E-state index in [0.717, 1.165) is 80.5 Å². The maximum Gasteiger partial charge on any atom is 0.356 e. The predicted octanol–water partition coefficient (Wildman–Crippen LogP) is 14.3. The number of hydrogen-bond donors (Lipinski definition) is 2. The molecule has 0 unspecified atom stereocenters. The van der Waals surface area contributed by atoms with Crippen molar-refractivity contribution < 1.29 is 23.8 Å². The summed E-state index contributed by atoms with van der Waals surface area (Å²) in [6.45, 7) is 7.97. The molecule has 0 saturated carbocycles. The molecule has 8 heteroatoms. The Kier molecular flexibility index (Phi) is 17.8. The van der Waals surface area contributed by atoms with Crippen LogP contribution < -0.4 is 14.8 Å². The fraction of sp³-hybridized carbons (Fsp3) is 0.417. The van der Waals surface area contributed by atoms with E-state index >= 15 is 0 Å². The highest BCUT2D eigenvalue weighted by molar-refractivity contribution is 7.60. The molecule has 0 atom stereocenters. The summed E-state index contributed by atoms with van der Waals surface area (Å²) in [6.07, 6.45) is 17.6. The molecule has 0 radical (unpaired) electrons. The molecule has 0 saturated heterocycles. The Bertz CT molecular complexity index is 2030. The number of benzene rings is 3. The van der Waals surface area contributed by atoms with Crippen molar-refractivity contribution >= 4 is 35.6 Å². The van der Waals surface area contributed by atoms with Gasteiger partial charge in [-0.2, -0.15) is 0 Å². The highest BCUT2D eigenvalue weighted by Gasteiger charge is 2.20. The van der Waals surface area contributed by atoms with E-state index in [2.05, 4.69) is 93.3 Å². The number of thiophene rings is 2. The molecule has 0 amide bonds. The number of hydrogen-bond acceptors (Lipinski definition) is 5. The Morgan fingerprint density at radius 2 is 0.964 bits per heavy atom. The molecule has 2 aromatic heterocycles. The first-order valence-electron chi connectivity index (χ1n) is 20.7. The zero-order valence-electron chi connectivity index (χ0n) is 33.5. The SMILES string of the molecule is CCCCCCCCC#Cc1ccc(-c2ccc(-c3cc(OCCCCCC)c(-c4ccc(-c5ccc(P(=O)(O)O)cc5)s4)cc3OCCCCCC)s2)cc1. The first-order valence-corrected chi connectivity index (χ1v) is 23.9. The third-order valence-electron chi connectivity index (χ3n) is 9.88. The molecule has 0 aliphatic carbocycles. The molecule has 3 aromatic carbocycles. The van der Waals surface area contributed by atoms with Gasteiger partial charge in [-0.15, -0.1) is 22.7 Å². The van der Waals surface area contributed by atoms with Crippen molar-refractivity contribution in [3.63, 3.8) is 0 Å². The molecule has 2 N–H and O–H groups in total. The highest BCUT2D eigenvalue weighted by Crippen LogP contribution is 2.47. The topological polar surface area (TPSA) is 76.0 Å². The van der Waals surface area contributed by atoms with Gasteiger partial charge in [0, 0.05) is 42.6 Å². The van der Waals surface area contributed by atoms with E-state index in [9.17, 15) is 14.4 Å². The monoisotopic (exact) mass is 810 g/mol. The molecule has 0 aliphatic heterocycles. The van der Waals surface area contributed by atoms with Crippen LogP contribution in [-0.2, 0) is 4.57 Å². The second kappa shape index (κ2) is 22.9. The van der Waals surface area contributed by atoms with Crippen LogP contribution >= 0.6 is 30.3 Å². The standard InChI is InChI=1S/C48H59O5PS2/c1-4-7-10-13-14-15-16-17-20-37-21-23-38(24-22-37)45-29-31-47(55-45)41-35-44(53-34-19-12-9-6-3)42(36-43(41)52-33-18-11-8-5-2)48-32-30-46(56-48)39-25-27-40(28-26-39)54(49,50)51/h21-32,35-36H,4-16,18-19,33-34H2,1-3H3,(H2,49,50,51). The quantitative estimate of drug-likeness (QED) is 0.0390. The van der Waals surface area contributed by atoms with Gasteiger partial charge in [-0.05, 0) is 91.1 Å². The van der Waals surface area contributed by atoms with Crippen LogP contribution in [0.1, 0.15) is 123 Å². The van der Waals surface area contributed by atoms with Crippen LogP contribution in [-0.4, -0.2) is 23.0 Å². The van der Waals surface area contributed by atoms with Crippen LogP contribution in [0.5, 0.6) is 11.5 Å². The zero-order chi connectivity index (χ0) is 39.6. The van der Waals surface area contributed by atoms with Crippen LogP contribution in [0.2, 0.25) is 0 Å². The van der Waals surface area contributed by atoms with Gasteiger partial charge in [0.1, 0.15) is 11.5 Å². The normalized spacial score (nSPS) is 11.4. The van der Waals surface area contributed by atoms with Gasteiger partial charge in [0.2, 0.25) is 0 Å². The summed E-state index contributed by atoms with van der Waals surface area (Å²) in [6, 6.07) is 28.1. The van der Waals surface area contributed by atoms with E-state index < -0.39 is 7.60 Å². The summed E-state index contributed by atoms with van der Waals surface area (Å²) in [4.78, 5) is 23.6. The van der Waals surface area contributed by atoms with E-state index in [-0.39, 0.29) is 5.30 Å². The summed E-state index contributed by atoms with van der Waals surface area (Å²) >= 11 is 3.40. The minimum atomic E-state index is -4.31. The first kappa shape index (κ1) is 43.5. The Labute approximate surface area is 343 Å². The third-order valence-corrected chi connectivity index (χ3v) is 13.2. The van der Waals surface area contributed by atoms with Crippen molar-refractivity contribution in [1.29, 1.82) is 0 Å². The largest absolute Gasteiger partial charge is 0.493 e. The van der Waals surface area contributed by atoms with Crippen LogP contribution in [0.25, 0.3) is 41.8 Å². The molecule has 0 aliphatic rings. The van der Waals surface area contributed by atoms with Gasteiger partial charge in [0.25, 0.3) is 0 Å². The maximum atomic E-state index is 11.8. The van der Waals surface area contributed by atoms with Gasteiger partial charge < -0.3 is 19.3 Å². The Morgan fingerprint density at radius 3 is 1.45 bits per heavy atom. The lowest BCUT2D eigenvalue weighted by atomic mass is 10.1. The van der Waals surface area contributed by atoms with Gasteiger partial charge in [0.05, 0.1) is 18.5 Å². The van der Waals surface area contributed by atoms with E-state index in [1.807, 2.05) is 0 Å². The second-order valence-electron chi connectivity index (χ2n) is 14.5. The Hall–Kier alpha value is -3.63. The molecule has 5 nitrogen and oxygen atoms in total. The average Bonchev–Trinajstić information content (AvgIpc) is 3.90. The molecule has 56 heavy (non-hydrogen) atoms. The van der Waals surface area contributed by atoms with Crippen molar-refractivity contribution in [3.8, 4) is 65.1 Å². The van der Waals surface area contributed by atoms with E-state index in [1.54, 1.807) is 34.8 Å². The van der Waals surface area contributed by atoms with Gasteiger partial charge in [-0.1, -0.05) is 128 Å². The van der Waals surface area contributed by atoms with Crippen molar-refractivity contribution in [2.45, 2.75) is 117 Å². The average molecular weight is 811 g/mol. The minimum absolute atomic E-state index is 0.0187. The van der Waals surface area contributed by atoms with E-state index in [0.29, 0.717) is 13.2 Å². The molecule has 0 fully saturated rings. The molecular formula is C48H59O5PS2. The zero-order valence-corrected chi connectivity index (χ0v) is 36.0. The minimum Gasteiger partial charge on any atom is -0.493 e. The Morgan fingerprint density at radius 1 is 0.536 bits per heavy atom. The number of rotatable bonds is 23. The van der Waals surface area contributed by atoms with Crippen LogP contribution in [0.15, 0.2) is 84.9 Å². The lowest BCUT2D eigenvalue weighted by Gasteiger charge is -2.17. The molecular weight excluding hydrogens is 752 g/mol. The van der Waals surface area contributed by atoms with Crippen LogP contribution in [0, 0.1) is 11.8 Å². The molecule has 5 aromatic rings. The van der Waals surface area contributed by atoms with Gasteiger partial charge in [-0.3, -0.25) is 4.57 Å². The summed E-state index contributed by atoms with van der Waals surface area (Å²) < 4.78 is 25.0. The van der Waals surface area contributed by atoms with Gasteiger partial charge >= 0.3 is 7.60 Å². The fourth-order valence-electron chi connectivity index (χ4n) is 6.58. The van der Waals surface area contributed by atoms with Crippen molar-refractivity contribution in [1.82, 2.24) is 0 Å². The first-order chi connectivity index (χ1) is 27.3. The van der Waals surface area contributed by atoms with Crippen molar-refractivity contribution in [2.24, 2.45) is 0 Å². The smallest absolute Gasteiger partial charge is 0.356 e. The summed E-state index contributed by atoms with van der Waals surface area (Å²) in [5.74, 6) is 8.42. The fourth-order valence-corrected chi connectivity index (χ4v) is 9.18. The Balaban J connectivity index is 1.42. The van der Waals surface area contributed by atoms with Gasteiger partial charge in [0.15, 0.2) is 0 Å². The molecule has 5 rings (SSSR count). The molecule has 0 spiro atoms. The van der Waals surface area contributed by atoms with E-state index in [1.165, 1.54) is 86.8 Å². The highest BCUT2D eigenvalue weighted by atomic mass is 32.1. The third kappa shape index (κ3) is 13.2. The number of unbranched alkanes of at least 4 members (excludes halogenated alkanes) is 12. The van der Waals surface area contributed by atoms with Crippen molar-refractivity contribution in [2.75, 3.05) is 13.2 Å². The maximum absolute atomic E-state index is 11.8. The van der Waals surface area contributed by atoms with Crippen molar-refractivity contribution in [3.05, 3.63) is 90.5 Å². The second-order valence-corrected chi connectivity index (χ2v) is 18.3. The summed E-state index contributed by atoms with van der Waals surface area (Å²) in [7, 11) is -4.31. The lowest BCUT2D eigenvalue weighted by molar-refractivity contribution is 0.299. The van der Waals surface area contributed by atoms with Crippen LogP contribution in [0.3, 0.4) is 0 Å². The summed E-state index contributed by atoms with van der Waals surface area (Å²) in [5, 5.41) is 0.0187. The predicted molar refractivity (Wildman–Crippen MR) is 240 cm³/mol. The molecule has 0 bridgehead atoms. The number of ether oxygens (including phenoxy) is 2. The molecule has 298 valence electrons. The lowest BCUT2D eigenvalue weighted by Crippen LogP contribution is -2.02.